The molecule has 0 aliphatic carbocycles. The SMILES string of the molecule is c1ccc(-c2nc(-c3ccccc3)nc(-c3ccc(-c4cc(-n5c6ccccc6c6ccc7ccccc7c65)c5c(c4)oc4ccccc45)cc3)n2)cc1. The fraction of sp³-hybridized carbons (Fsp3) is 0. The maximum atomic E-state index is 6.63. The molecule has 0 bridgehead atoms. The van der Waals surface area contributed by atoms with Crippen LogP contribution < -0.4 is 0 Å². The largest absolute Gasteiger partial charge is 0.456 e. The van der Waals surface area contributed by atoms with E-state index in [0.717, 1.165) is 61.0 Å². The summed E-state index contributed by atoms with van der Waals surface area (Å²) in [5, 5.41) is 7.04. The lowest BCUT2D eigenvalue weighted by molar-refractivity contribution is 0.669. The fourth-order valence-corrected chi connectivity index (χ4v) is 7.91. The van der Waals surface area contributed by atoms with Gasteiger partial charge in [-0.15, -0.1) is 0 Å². The maximum Gasteiger partial charge on any atom is 0.164 e. The van der Waals surface area contributed by atoms with Gasteiger partial charge in [-0.05, 0) is 40.8 Å². The number of para-hydroxylation sites is 2. The molecule has 54 heavy (non-hydrogen) atoms. The van der Waals surface area contributed by atoms with Crippen molar-refractivity contribution in [2.75, 3.05) is 0 Å². The number of benzene rings is 8. The van der Waals surface area contributed by atoms with Gasteiger partial charge < -0.3 is 8.98 Å². The van der Waals surface area contributed by atoms with Gasteiger partial charge in [0.2, 0.25) is 0 Å². The molecule has 5 nitrogen and oxygen atoms in total. The van der Waals surface area contributed by atoms with Gasteiger partial charge in [0.05, 0.1) is 22.1 Å². The summed E-state index contributed by atoms with van der Waals surface area (Å²) in [4.78, 5) is 14.8. The topological polar surface area (TPSA) is 56.7 Å². The average Bonchev–Trinajstić information content (AvgIpc) is 3.80. The molecule has 0 saturated heterocycles. The van der Waals surface area contributed by atoms with E-state index in [1.165, 1.54) is 27.1 Å². The van der Waals surface area contributed by atoms with Crippen molar-refractivity contribution in [3.05, 3.63) is 182 Å². The Morgan fingerprint density at radius 2 is 0.926 bits per heavy atom. The molecule has 11 rings (SSSR count). The highest BCUT2D eigenvalue weighted by Gasteiger charge is 2.21. The zero-order valence-electron chi connectivity index (χ0n) is 29.0. The molecule has 8 aromatic carbocycles. The third-order valence-corrected chi connectivity index (χ3v) is 10.4. The van der Waals surface area contributed by atoms with E-state index in [1.54, 1.807) is 0 Å². The normalized spacial score (nSPS) is 11.7. The Hall–Kier alpha value is -7.37. The van der Waals surface area contributed by atoms with Crippen molar-refractivity contribution in [1.29, 1.82) is 0 Å². The number of nitrogens with zero attached hydrogens (tertiary/aromatic N) is 4. The Labute approximate surface area is 310 Å². The average molecular weight is 691 g/mol. The predicted molar refractivity (Wildman–Crippen MR) is 221 cm³/mol. The Morgan fingerprint density at radius 1 is 0.370 bits per heavy atom. The van der Waals surface area contributed by atoms with Gasteiger partial charge >= 0.3 is 0 Å². The summed E-state index contributed by atoms with van der Waals surface area (Å²) in [5.41, 5.74) is 10.0. The van der Waals surface area contributed by atoms with Crippen molar-refractivity contribution in [1.82, 2.24) is 19.5 Å². The molecule has 11 aromatic rings. The summed E-state index contributed by atoms with van der Waals surface area (Å²) in [6.07, 6.45) is 0. The van der Waals surface area contributed by atoms with Crippen molar-refractivity contribution in [2.45, 2.75) is 0 Å². The summed E-state index contributed by atoms with van der Waals surface area (Å²) in [6.45, 7) is 0. The third kappa shape index (κ3) is 4.83. The summed E-state index contributed by atoms with van der Waals surface area (Å²) in [6, 6.07) is 63.3. The summed E-state index contributed by atoms with van der Waals surface area (Å²) in [7, 11) is 0. The van der Waals surface area contributed by atoms with Crippen LogP contribution in [0.25, 0.3) is 105 Å². The molecule has 0 spiro atoms. The van der Waals surface area contributed by atoms with E-state index < -0.39 is 0 Å². The lowest BCUT2D eigenvalue weighted by Crippen LogP contribution is -2.00. The first kappa shape index (κ1) is 30.3. The minimum Gasteiger partial charge on any atom is -0.456 e. The van der Waals surface area contributed by atoms with Crippen molar-refractivity contribution >= 4 is 54.5 Å². The van der Waals surface area contributed by atoms with Crippen molar-refractivity contribution in [3.8, 4) is 51.0 Å². The van der Waals surface area contributed by atoms with Crippen molar-refractivity contribution < 1.29 is 4.42 Å². The van der Waals surface area contributed by atoms with E-state index in [0.29, 0.717) is 17.5 Å². The van der Waals surface area contributed by atoms with Gasteiger partial charge in [-0.1, -0.05) is 158 Å². The molecule has 0 radical (unpaired) electrons. The van der Waals surface area contributed by atoms with Crippen LogP contribution in [-0.2, 0) is 0 Å². The number of furan rings is 1. The molecule has 3 heterocycles. The number of aromatic nitrogens is 4. The van der Waals surface area contributed by atoms with Crippen LogP contribution in [0.1, 0.15) is 0 Å². The molecule has 252 valence electrons. The molecule has 0 N–H and O–H groups in total. The zero-order chi connectivity index (χ0) is 35.6. The first-order chi connectivity index (χ1) is 26.8. The Bertz CT molecular complexity index is 3140. The highest BCUT2D eigenvalue weighted by Crippen LogP contribution is 2.43. The predicted octanol–water partition coefficient (Wildman–Crippen LogP) is 12.7. The van der Waals surface area contributed by atoms with E-state index in [-0.39, 0.29) is 0 Å². The molecule has 0 unspecified atom stereocenters. The lowest BCUT2D eigenvalue weighted by Gasteiger charge is -2.14. The first-order valence-corrected chi connectivity index (χ1v) is 18.1. The van der Waals surface area contributed by atoms with Crippen LogP contribution in [0, 0.1) is 0 Å². The fourth-order valence-electron chi connectivity index (χ4n) is 7.91. The van der Waals surface area contributed by atoms with E-state index in [4.69, 9.17) is 19.4 Å². The monoisotopic (exact) mass is 690 g/mol. The van der Waals surface area contributed by atoms with Crippen molar-refractivity contribution in [3.63, 3.8) is 0 Å². The molecule has 0 amide bonds. The van der Waals surface area contributed by atoms with Gasteiger partial charge in [-0.25, -0.2) is 15.0 Å². The molecular formula is C49H30N4O. The van der Waals surface area contributed by atoms with Gasteiger partial charge in [0.1, 0.15) is 11.2 Å². The molecule has 3 aromatic heterocycles. The third-order valence-electron chi connectivity index (χ3n) is 10.4. The zero-order valence-corrected chi connectivity index (χ0v) is 29.0. The number of fused-ring (bicyclic) bond motifs is 8. The van der Waals surface area contributed by atoms with Gasteiger partial charge in [-0.3, -0.25) is 0 Å². The van der Waals surface area contributed by atoms with Crippen LogP contribution >= 0.6 is 0 Å². The van der Waals surface area contributed by atoms with Crippen LogP contribution in [0.15, 0.2) is 186 Å². The Balaban J connectivity index is 1.12. The van der Waals surface area contributed by atoms with E-state index in [2.05, 4.69) is 120 Å². The first-order valence-electron chi connectivity index (χ1n) is 18.1. The van der Waals surface area contributed by atoms with E-state index in [9.17, 15) is 0 Å². The molecule has 0 aliphatic heterocycles. The Morgan fingerprint density at radius 3 is 1.63 bits per heavy atom. The van der Waals surface area contributed by atoms with Crippen LogP contribution in [0.4, 0.5) is 0 Å². The minimum absolute atomic E-state index is 0.625. The van der Waals surface area contributed by atoms with Gasteiger partial charge in [0, 0.05) is 38.2 Å². The maximum absolute atomic E-state index is 6.63. The second-order valence-corrected chi connectivity index (χ2v) is 13.6. The quantitative estimate of drug-likeness (QED) is 0.180. The van der Waals surface area contributed by atoms with Crippen LogP contribution in [0.3, 0.4) is 0 Å². The number of hydrogen-bond acceptors (Lipinski definition) is 4. The highest BCUT2D eigenvalue weighted by atomic mass is 16.3. The second-order valence-electron chi connectivity index (χ2n) is 13.6. The second kappa shape index (κ2) is 12.1. The Kier molecular flexibility index (Phi) is 6.79. The van der Waals surface area contributed by atoms with Crippen LogP contribution in [0.2, 0.25) is 0 Å². The van der Waals surface area contributed by atoms with Gasteiger partial charge in [0.25, 0.3) is 0 Å². The van der Waals surface area contributed by atoms with Crippen molar-refractivity contribution in [2.24, 2.45) is 0 Å². The van der Waals surface area contributed by atoms with Gasteiger partial charge in [-0.2, -0.15) is 0 Å². The molecule has 0 atom stereocenters. The molecular weight excluding hydrogens is 661 g/mol. The molecule has 5 heteroatoms. The van der Waals surface area contributed by atoms with Crippen LogP contribution in [0.5, 0.6) is 0 Å². The van der Waals surface area contributed by atoms with E-state index in [1.807, 2.05) is 66.7 Å². The van der Waals surface area contributed by atoms with Gasteiger partial charge in [0.15, 0.2) is 17.5 Å². The summed E-state index contributed by atoms with van der Waals surface area (Å²) < 4.78 is 9.07. The number of hydrogen-bond donors (Lipinski definition) is 0. The van der Waals surface area contributed by atoms with E-state index >= 15 is 0 Å². The molecule has 0 aliphatic rings. The lowest BCUT2D eigenvalue weighted by atomic mass is 10.00. The molecule has 0 saturated carbocycles. The highest BCUT2D eigenvalue weighted by molar-refractivity contribution is 6.20. The number of rotatable bonds is 5. The smallest absolute Gasteiger partial charge is 0.164 e. The minimum atomic E-state index is 0.625. The summed E-state index contributed by atoms with van der Waals surface area (Å²) in [5.74, 6) is 1.91. The van der Waals surface area contributed by atoms with Crippen LogP contribution in [-0.4, -0.2) is 19.5 Å². The molecule has 0 fully saturated rings. The standard InChI is InChI=1S/C49H30N4O/c1-3-14-33(15-4-1)47-50-48(34-16-5-2-6-17-34)52-49(51-47)35-25-23-31(24-26-35)36-29-42(45-40-20-10-12-22-43(40)54-44(45)30-36)53-41-21-11-9-19-38(41)39-28-27-32-13-7-8-18-37(32)46(39)53/h1-30H. The summed E-state index contributed by atoms with van der Waals surface area (Å²) >= 11 is 0.